The molecule has 0 saturated carbocycles. The maximum atomic E-state index is 13.4. The van der Waals surface area contributed by atoms with E-state index in [1.807, 2.05) is 27.7 Å². The van der Waals surface area contributed by atoms with E-state index in [4.69, 9.17) is 47.4 Å². The molecule has 16 heteroatoms. The second kappa shape index (κ2) is 31.9. The number of rotatable bonds is 33. The number of unbranched alkanes of at least 4 members (excludes halogenated alkanes) is 4. The molecule has 0 radical (unpaired) electrons. The van der Waals surface area contributed by atoms with Gasteiger partial charge in [-0.05, 0) is 74.2 Å². The second-order valence-electron chi connectivity index (χ2n) is 15.9. The van der Waals surface area contributed by atoms with E-state index in [0.29, 0.717) is 49.4 Å². The van der Waals surface area contributed by atoms with Crippen LogP contribution in [0.1, 0.15) is 133 Å². The Balaban J connectivity index is 1.45. The molecule has 0 spiro atoms. The second-order valence-corrected chi connectivity index (χ2v) is 15.9. The van der Waals surface area contributed by atoms with Gasteiger partial charge in [-0.15, -0.1) is 0 Å². The zero-order valence-electron chi connectivity index (χ0n) is 40.7. The molecule has 0 atom stereocenters. The first-order valence-corrected chi connectivity index (χ1v) is 24.0. The van der Waals surface area contributed by atoms with Gasteiger partial charge in [0.1, 0.15) is 71.7 Å². The molecule has 70 heavy (non-hydrogen) atoms. The van der Waals surface area contributed by atoms with Crippen molar-refractivity contribution < 1.29 is 76.1 Å². The van der Waals surface area contributed by atoms with Crippen molar-refractivity contribution in [2.24, 2.45) is 0 Å². The lowest BCUT2D eigenvalue weighted by atomic mass is 10.2. The van der Waals surface area contributed by atoms with Crippen molar-refractivity contribution >= 4 is 35.8 Å². The minimum absolute atomic E-state index is 0.140. The molecule has 0 aromatic heterocycles. The van der Waals surface area contributed by atoms with E-state index in [9.17, 15) is 28.8 Å². The molecule has 0 fully saturated rings. The topological polar surface area (TPSA) is 195 Å². The van der Waals surface area contributed by atoms with Crippen LogP contribution in [-0.2, 0) is 38.0 Å². The third-order valence-corrected chi connectivity index (χ3v) is 10.2. The third kappa shape index (κ3) is 19.5. The first-order valence-electron chi connectivity index (χ1n) is 24.0. The van der Waals surface area contributed by atoms with E-state index < -0.39 is 87.3 Å². The fourth-order valence-corrected chi connectivity index (χ4v) is 6.26. The molecule has 16 nitrogen and oxygen atoms in total. The van der Waals surface area contributed by atoms with Crippen LogP contribution in [0.4, 0.5) is 0 Å². The van der Waals surface area contributed by atoms with Crippen LogP contribution in [0.3, 0.4) is 0 Å². The van der Waals surface area contributed by atoms with Crippen molar-refractivity contribution in [3.05, 3.63) is 119 Å². The molecule has 0 aliphatic rings. The van der Waals surface area contributed by atoms with E-state index in [1.54, 1.807) is 72.8 Å². The van der Waals surface area contributed by atoms with Crippen molar-refractivity contribution in [2.45, 2.75) is 104 Å². The molecule has 378 valence electrons. The van der Waals surface area contributed by atoms with Crippen molar-refractivity contribution in [3.63, 3.8) is 0 Å². The minimum atomic E-state index is -1.31. The van der Waals surface area contributed by atoms with E-state index in [0.717, 1.165) is 51.4 Å². The highest BCUT2D eigenvalue weighted by atomic mass is 16.6. The Labute approximate surface area is 410 Å². The lowest BCUT2D eigenvalue weighted by molar-refractivity contribution is -0.160. The summed E-state index contributed by atoms with van der Waals surface area (Å²) in [6, 6.07) is 26.1. The normalized spacial score (nSPS) is 10.8. The summed E-state index contributed by atoms with van der Waals surface area (Å²) in [6.07, 6.45) is 2.91. The summed E-state index contributed by atoms with van der Waals surface area (Å²) in [7, 11) is 0. The van der Waals surface area contributed by atoms with Gasteiger partial charge in [0.15, 0.2) is 12.2 Å². The Hall–Kier alpha value is -7.10. The van der Waals surface area contributed by atoms with Gasteiger partial charge in [0.25, 0.3) is 0 Å². The Kier molecular flexibility index (Phi) is 25.3. The summed E-state index contributed by atoms with van der Waals surface area (Å²) >= 11 is 0. The van der Waals surface area contributed by atoms with Crippen LogP contribution in [-0.4, -0.2) is 101 Å². The number of hydrogen-bond donors (Lipinski definition) is 0. The third-order valence-electron chi connectivity index (χ3n) is 10.2. The molecule has 0 aliphatic heterocycles. The summed E-state index contributed by atoms with van der Waals surface area (Å²) < 4.78 is 56.7. The van der Waals surface area contributed by atoms with Crippen LogP contribution in [0.25, 0.3) is 0 Å². The van der Waals surface area contributed by atoms with Crippen molar-refractivity contribution in [1.29, 1.82) is 0 Å². The van der Waals surface area contributed by atoms with Gasteiger partial charge in [-0.2, -0.15) is 0 Å². The van der Waals surface area contributed by atoms with E-state index in [-0.39, 0.29) is 22.3 Å². The summed E-state index contributed by atoms with van der Waals surface area (Å²) in [4.78, 5) is 80.0. The molecule has 0 unspecified atom stereocenters. The van der Waals surface area contributed by atoms with Crippen LogP contribution >= 0.6 is 0 Å². The van der Waals surface area contributed by atoms with Gasteiger partial charge in [-0.25, -0.2) is 19.2 Å². The fourth-order valence-electron chi connectivity index (χ4n) is 6.26. The van der Waals surface area contributed by atoms with Crippen molar-refractivity contribution in [3.8, 4) is 23.0 Å². The Morgan fingerprint density at radius 2 is 0.586 bits per heavy atom. The molecule has 4 aromatic rings. The molecule has 0 N–H and O–H groups in total. The van der Waals surface area contributed by atoms with Crippen LogP contribution < -0.4 is 18.9 Å². The Morgan fingerprint density at radius 1 is 0.357 bits per heavy atom. The molecule has 0 aliphatic carbocycles. The number of benzene rings is 4. The van der Waals surface area contributed by atoms with Gasteiger partial charge >= 0.3 is 35.8 Å². The quantitative estimate of drug-likeness (QED) is 0.0248. The Bertz CT molecular complexity index is 1960. The first kappa shape index (κ1) is 55.5. The average molecular weight is 971 g/mol. The van der Waals surface area contributed by atoms with Gasteiger partial charge in [0, 0.05) is 0 Å². The number of esters is 6. The minimum Gasteiger partial charge on any atom is -0.493 e. The van der Waals surface area contributed by atoms with Crippen LogP contribution in [0.5, 0.6) is 23.0 Å². The smallest absolute Gasteiger partial charge is 0.342 e. The van der Waals surface area contributed by atoms with E-state index >= 15 is 0 Å². The monoisotopic (exact) mass is 970 g/mol. The zero-order chi connectivity index (χ0) is 50.4. The van der Waals surface area contributed by atoms with Gasteiger partial charge in [0.2, 0.25) is 0 Å². The molecule has 4 rings (SSSR count). The zero-order valence-corrected chi connectivity index (χ0v) is 40.7. The maximum Gasteiger partial charge on any atom is 0.342 e. The summed E-state index contributed by atoms with van der Waals surface area (Å²) in [5, 5.41) is 0. The highest BCUT2D eigenvalue weighted by Crippen LogP contribution is 2.24. The van der Waals surface area contributed by atoms with Crippen LogP contribution in [0, 0.1) is 0 Å². The first-order chi connectivity index (χ1) is 34.1. The molecule has 4 aromatic carbocycles. The number of para-hydroxylation sites is 4. The standard InChI is InChI=1S/C54H66O16/c1-5-9-31-61-45-25-17-13-21-41(45)51(57)65-35-39(36-66-52(58)42-22-14-18-26-46(42)62-32-10-6-2)69-49(55)29-30-50(56)70-40(37-67-53(59)43-23-15-19-27-47(43)63-33-11-7-3)38-68-54(60)44-24-16-20-28-48(44)64-34-12-8-4/h13-28,39-40H,5-12,29-38H2,1-4H3. The average Bonchev–Trinajstić information content (AvgIpc) is 3.37. The molecule has 0 heterocycles. The fraction of sp³-hybridized carbons (Fsp3) is 0.444. The van der Waals surface area contributed by atoms with Crippen LogP contribution in [0.2, 0.25) is 0 Å². The van der Waals surface area contributed by atoms with Crippen molar-refractivity contribution in [2.75, 3.05) is 52.9 Å². The number of carbonyl (C=O) groups excluding carboxylic acids is 6. The lowest BCUT2D eigenvalue weighted by Gasteiger charge is -2.20. The predicted molar refractivity (Wildman–Crippen MR) is 258 cm³/mol. The summed E-state index contributed by atoms with van der Waals surface area (Å²) in [5.74, 6) is -3.70. The molecule has 0 saturated heterocycles. The lowest BCUT2D eigenvalue weighted by Crippen LogP contribution is -2.32. The van der Waals surface area contributed by atoms with E-state index in [1.165, 1.54) is 24.3 Å². The molecular formula is C54H66O16. The summed E-state index contributed by atoms with van der Waals surface area (Å²) in [6.45, 7) is 7.44. The highest BCUT2D eigenvalue weighted by molar-refractivity contribution is 5.94. The molecule has 0 bridgehead atoms. The number of hydrogen-bond acceptors (Lipinski definition) is 16. The highest BCUT2D eigenvalue weighted by Gasteiger charge is 2.26. The van der Waals surface area contributed by atoms with E-state index in [2.05, 4.69) is 0 Å². The van der Waals surface area contributed by atoms with Crippen molar-refractivity contribution in [1.82, 2.24) is 0 Å². The van der Waals surface area contributed by atoms with Gasteiger partial charge < -0.3 is 47.4 Å². The van der Waals surface area contributed by atoms with Gasteiger partial charge in [0.05, 0.1) is 39.3 Å². The van der Waals surface area contributed by atoms with Crippen LogP contribution in [0.15, 0.2) is 97.1 Å². The summed E-state index contributed by atoms with van der Waals surface area (Å²) in [5.41, 5.74) is 0.561. The maximum absolute atomic E-state index is 13.4. The largest absolute Gasteiger partial charge is 0.493 e. The SMILES string of the molecule is CCCCOc1ccccc1C(=O)OCC(COC(=O)c1ccccc1OCCCC)OC(=O)CCC(=O)OC(COC(=O)c1ccccc1OCCCC)COC(=O)c1ccccc1OCCCC. The van der Waals surface area contributed by atoms with Gasteiger partial charge in [-0.3, -0.25) is 9.59 Å². The number of carbonyl (C=O) groups is 6. The van der Waals surface area contributed by atoms with Gasteiger partial charge in [-0.1, -0.05) is 102 Å². The predicted octanol–water partition coefficient (Wildman–Crippen LogP) is 9.73. The number of ether oxygens (including phenoxy) is 10. The Morgan fingerprint density at radius 3 is 0.814 bits per heavy atom. The molecule has 0 amide bonds. The molecular weight excluding hydrogens is 905 g/mol.